The number of aliphatic imine (C=N–C) groups is 1. The number of aliphatic hydroxyl groups excluding tert-OH is 3. The summed E-state index contributed by atoms with van der Waals surface area (Å²) in [6.07, 6.45) is -5.95. The number of likely N-dealkylation sites (N-methyl/N-ethyl adjacent to an activating group) is 1. The molecule has 0 aromatic heterocycles. The van der Waals surface area contributed by atoms with Gasteiger partial charge in [-0.3, -0.25) is 29.4 Å². The summed E-state index contributed by atoms with van der Waals surface area (Å²) < 4.78 is 5.52. The van der Waals surface area contributed by atoms with Crippen LogP contribution in [0, 0.1) is 0 Å². The van der Waals surface area contributed by atoms with Gasteiger partial charge in [-0.25, -0.2) is 4.99 Å². The summed E-state index contributed by atoms with van der Waals surface area (Å²) in [4.78, 5) is 57.2. The number of nitrogens with zero attached hydrogens (tertiary/aromatic N) is 3. The van der Waals surface area contributed by atoms with Gasteiger partial charge in [0.2, 0.25) is 17.2 Å². The smallest absolute Gasteiger partial charge is 0.263 e. The molecule has 7 atom stereocenters. The number of ketones is 2. The zero-order valence-corrected chi connectivity index (χ0v) is 16.9. The molecule has 166 valence electrons. The summed E-state index contributed by atoms with van der Waals surface area (Å²) in [6, 6.07) is 0. The molecule has 0 radical (unpaired) electrons. The fourth-order valence-corrected chi connectivity index (χ4v) is 4.29. The third kappa shape index (κ3) is 2.70. The topological polar surface area (TPSA) is 181 Å². The Labute approximate surface area is 171 Å². The van der Waals surface area contributed by atoms with Crippen molar-refractivity contribution >= 4 is 29.7 Å². The molecule has 0 bridgehead atoms. The lowest BCUT2D eigenvalue weighted by Gasteiger charge is -2.55. The first-order valence-corrected chi connectivity index (χ1v) is 9.28. The molecule has 0 aromatic carbocycles. The Morgan fingerprint density at radius 3 is 2.30 bits per heavy atom. The lowest BCUT2D eigenvalue weighted by Crippen LogP contribution is -2.86. The fourth-order valence-electron chi connectivity index (χ4n) is 4.29. The molecule has 3 aliphatic heterocycles. The maximum Gasteiger partial charge on any atom is 0.263 e. The second-order valence-corrected chi connectivity index (χ2v) is 7.48. The Bertz CT molecular complexity index is 820. The highest BCUT2D eigenvalue weighted by Crippen LogP contribution is 2.40. The molecule has 2 amide bonds. The van der Waals surface area contributed by atoms with Crippen LogP contribution in [0.1, 0.15) is 20.8 Å². The van der Waals surface area contributed by atoms with Gasteiger partial charge < -0.3 is 30.3 Å². The van der Waals surface area contributed by atoms with Gasteiger partial charge in [0, 0.05) is 13.8 Å². The van der Waals surface area contributed by atoms with Gasteiger partial charge >= 0.3 is 0 Å². The van der Waals surface area contributed by atoms with E-state index >= 15 is 0 Å². The highest BCUT2D eigenvalue weighted by molar-refractivity contribution is 6.15. The van der Waals surface area contributed by atoms with Crippen LogP contribution in [0.3, 0.4) is 0 Å². The highest BCUT2D eigenvalue weighted by atomic mass is 16.6. The number of aliphatic hydroxyl groups is 3. The number of Topliss-reactive ketones (excluding diaryl/α,β-unsaturated/α-hetero) is 2. The Kier molecular flexibility index (Phi) is 5.45. The number of nitrogens with one attached hydrogen (secondary N) is 2. The van der Waals surface area contributed by atoms with Crippen molar-refractivity contribution in [3.8, 4) is 0 Å². The number of fused-ring (bicyclic) bond motifs is 1. The molecule has 0 aromatic rings. The second-order valence-electron chi connectivity index (χ2n) is 7.48. The molecule has 3 heterocycles. The third-order valence-corrected chi connectivity index (χ3v) is 5.86. The number of amides is 2. The van der Waals surface area contributed by atoms with Crippen LogP contribution in [-0.2, 0) is 23.9 Å². The minimum Gasteiger partial charge on any atom is -0.394 e. The van der Waals surface area contributed by atoms with Crippen LogP contribution >= 0.6 is 0 Å². The van der Waals surface area contributed by atoms with E-state index in [0.29, 0.717) is 0 Å². The van der Waals surface area contributed by atoms with E-state index in [4.69, 9.17) is 4.74 Å². The molecule has 13 heteroatoms. The number of carbonyl (C=O) groups excluding carboxylic acids is 4. The van der Waals surface area contributed by atoms with Crippen molar-refractivity contribution in [3.05, 3.63) is 0 Å². The molecule has 2 saturated heterocycles. The van der Waals surface area contributed by atoms with E-state index < -0.39 is 72.0 Å². The molecule has 5 unspecified atom stereocenters. The van der Waals surface area contributed by atoms with Crippen molar-refractivity contribution in [1.29, 1.82) is 0 Å². The minimum atomic E-state index is -2.13. The Balaban J connectivity index is 2.19. The summed E-state index contributed by atoms with van der Waals surface area (Å²) in [5.74, 6) is -4.95. The molecular weight excluding hydrogens is 402 g/mol. The van der Waals surface area contributed by atoms with Crippen molar-refractivity contribution in [2.75, 3.05) is 13.7 Å². The molecule has 0 spiro atoms. The van der Waals surface area contributed by atoms with Gasteiger partial charge in [-0.15, -0.1) is 0 Å². The van der Waals surface area contributed by atoms with E-state index in [0.717, 1.165) is 36.9 Å². The van der Waals surface area contributed by atoms with Gasteiger partial charge in [-0.1, -0.05) is 0 Å². The average molecular weight is 427 g/mol. The fraction of sp³-hybridized carbons (Fsp3) is 0.706. The van der Waals surface area contributed by atoms with Crippen molar-refractivity contribution in [2.45, 2.75) is 62.8 Å². The SMILES string of the molecule is CNC1(C(C)=O)NC(=O)C2(C(C)=O)N=CN([C@@H]3O[C@H](CO)C(O)C3O)C2N1C(C)=O. The number of carbonyl (C=O) groups is 4. The van der Waals surface area contributed by atoms with Crippen molar-refractivity contribution in [2.24, 2.45) is 4.99 Å². The van der Waals surface area contributed by atoms with Crippen LogP contribution in [0.5, 0.6) is 0 Å². The first kappa shape index (κ1) is 22.2. The maximum atomic E-state index is 13.1. The molecule has 0 aliphatic carbocycles. The Hall–Kier alpha value is -2.45. The van der Waals surface area contributed by atoms with E-state index in [1.165, 1.54) is 7.05 Å². The van der Waals surface area contributed by atoms with E-state index in [-0.39, 0.29) is 0 Å². The number of rotatable bonds is 5. The van der Waals surface area contributed by atoms with Crippen molar-refractivity contribution in [1.82, 2.24) is 20.4 Å². The molecule has 13 nitrogen and oxygen atoms in total. The summed E-state index contributed by atoms with van der Waals surface area (Å²) in [5.41, 5.74) is -2.13. The van der Waals surface area contributed by atoms with Crippen LogP contribution in [0.15, 0.2) is 4.99 Å². The lowest BCUT2D eigenvalue weighted by molar-refractivity contribution is -0.187. The maximum absolute atomic E-state index is 13.1. The zero-order chi connectivity index (χ0) is 22.6. The van der Waals surface area contributed by atoms with Crippen molar-refractivity contribution < 1.29 is 39.2 Å². The largest absolute Gasteiger partial charge is 0.394 e. The molecule has 2 fully saturated rings. The summed E-state index contributed by atoms with van der Waals surface area (Å²) >= 11 is 0. The predicted molar refractivity (Wildman–Crippen MR) is 98.4 cm³/mol. The number of hydrogen-bond donors (Lipinski definition) is 5. The van der Waals surface area contributed by atoms with Gasteiger partial charge in [-0.05, 0) is 14.0 Å². The molecule has 30 heavy (non-hydrogen) atoms. The molecule has 5 N–H and O–H groups in total. The van der Waals surface area contributed by atoms with E-state index in [2.05, 4.69) is 15.6 Å². The van der Waals surface area contributed by atoms with Gasteiger partial charge in [0.1, 0.15) is 18.3 Å². The second kappa shape index (κ2) is 7.35. The van der Waals surface area contributed by atoms with E-state index in [1.54, 1.807) is 0 Å². The van der Waals surface area contributed by atoms with Gasteiger partial charge in [0.05, 0.1) is 12.9 Å². The molecular formula is C17H25N5O8. The average Bonchev–Trinajstić information content (AvgIpc) is 3.20. The summed E-state index contributed by atoms with van der Waals surface area (Å²) in [5, 5.41) is 35.0. The van der Waals surface area contributed by atoms with Gasteiger partial charge in [0.15, 0.2) is 24.0 Å². The van der Waals surface area contributed by atoms with E-state index in [1.807, 2.05) is 0 Å². The Morgan fingerprint density at radius 2 is 1.87 bits per heavy atom. The van der Waals surface area contributed by atoms with Gasteiger partial charge in [-0.2, -0.15) is 0 Å². The Morgan fingerprint density at radius 1 is 1.23 bits per heavy atom. The van der Waals surface area contributed by atoms with Crippen LogP contribution in [0.2, 0.25) is 0 Å². The third-order valence-electron chi connectivity index (χ3n) is 5.86. The standard InChI is InChI=1S/C17H25N5O8/c1-7(24)16-14(29)20-17(18-4,8(2)25)22(9(3)26)15(16)21(6-19-16)13-12(28)11(27)10(5-23)30-13/h6,10-13,15,18,23,27-28H,5H2,1-4H3,(H,20,29)/t10-,11?,12?,13-,15?,16?,17?/m1/s1. The van der Waals surface area contributed by atoms with Crippen LogP contribution in [-0.4, -0.2) is 111 Å². The first-order valence-electron chi connectivity index (χ1n) is 9.28. The number of hydrogen-bond acceptors (Lipinski definition) is 11. The summed E-state index contributed by atoms with van der Waals surface area (Å²) in [6.45, 7) is 2.81. The summed E-state index contributed by atoms with van der Waals surface area (Å²) in [7, 11) is 1.35. The molecule has 3 aliphatic rings. The molecule has 0 saturated carbocycles. The minimum absolute atomic E-state index is 0.604. The monoisotopic (exact) mass is 427 g/mol. The zero-order valence-electron chi connectivity index (χ0n) is 16.9. The quantitative estimate of drug-likeness (QED) is 0.270. The first-order chi connectivity index (χ1) is 14.0. The lowest BCUT2D eigenvalue weighted by atomic mass is 9.85. The number of ether oxygens (including phenoxy) is 1. The predicted octanol–water partition coefficient (Wildman–Crippen LogP) is -4.14. The van der Waals surface area contributed by atoms with Crippen LogP contribution in [0.25, 0.3) is 0 Å². The highest BCUT2D eigenvalue weighted by Gasteiger charge is 2.69. The molecule has 3 rings (SSSR count). The van der Waals surface area contributed by atoms with Crippen LogP contribution in [0.4, 0.5) is 0 Å². The van der Waals surface area contributed by atoms with Crippen molar-refractivity contribution in [3.63, 3.8) is 0 Å². The normalized spacial score (nSPS) is 40.4. The van der Waals surface area contributed by atoms with Crippen LogP contribution < -0.4 is 10.6 Å². The van der Waals surface area contributed by atoms with Gasteiger partial charge in [0.25, 0.3) is 5.91 Å². The van der Waals surface area contributed by atoms with E-state index in [9.17, 15) is 34.5 Å².